The first-order chi connectivity index (χ1) is 14.8. The molecular formula is C24H25NO6. The molecule has 2 amide bonds. The molecule has 162 valence electrons. The number of nitrogens with zero attached hydrogens (tertiary/aromatic N) is 1. The van der Waals surface area contributed by atoms with E-state index in [2.05, 4.69) is 6.58 Å². The number of carbonyl (C=O) groups excluding carboxylic acids is 3. The predicted octanol–water partition coefficient (Wildman–Crippen LogP) is 3.60. The van der Waals surface area contributed by atoms with Crippen LogP contribution < -0.4 is 9.64 Å². The molecule has 0 radical (unpaired) electrons. The van der Waals surface area contributed by atoms with Gasteiger partial charge in [-0.15, -0.1) is 0 Å². The maximum Gasteiger partial charge on any atom is 0.338 e. The number of anilines is 1. The average molecular weight is 423 g/mol. The van der Waals surface area contributed by atoms with Crippen molar-refractivity contribution >= 4 is 23.5 Å². The molecule has 7 heteroatoms. The highest BCUT2D eigenvalue weighted by Crippen LogP contribution is 2.35. The van der Waals surface area contributed by atoms with Crippen LogP contribution in [-0.4, -0.2) is 42.2 Å². The normalized spacial score (nSPS) is 13.7. The summed E-state index contributed by atoms with van der Waals surface area (Å²) in [5.74, 6) is -0.999. The van der Waals surface area contributed by atoms with E-state index in [1.165, 1.54) is 18.2 Å². The van der Waals surface area contributed by atoms with Crippen molar-refractivity contribution in [3.63, 3.8) is 0 Å². The Morgan fingerprint density at radius 1 is 1.13 bits per heavy atom. The molecule has 3 rings (SSSR count). The fourth-order valence-corrected chi connectivity index (χ4v) is 3.45. The average Bonchev–Trinajstić information content (AvgIpc) is 3.00. The number of hydrogen-bond donors (Lipinski definition) is 1. The van der Waals surface area contributed by atoms with Crippen molar-refractivity contribution in [2.24, 2.45) is 0 Å². The largest absolute Gasteiger partial charge is 0.490 e. The monoisotopic (exact) mass is 423 g/mol. The van der Waals surface area contributed by atoms with Crippen LogP contribution in [0.25, 0.3) is 0 Å². The number of esters is 1. The summed E-state index contributed by atoms with van der Waals surface area (Å²) in [6.07, 6.45) is 1.34. The highest BCUT2D eigenvalue weighted by molar-refractivity contribution is 6.35. The molecule has 0 aliphatic carbocycles. The Morgan fingerprint density at radius 3 is 2.39 bits per heavy atom. The zero-order valence-corrected chi connectivity index (χ0v) is 17.8. The number of hydrogen-bond acceptors (Lipinski definition) is 6. The molecule has 1 atom stereocenters. The standard InChI is InChI=1S/C24H25NO6/c1-5-9-30-18-10-14(3)21(15(4)11-18)25-22(27)19-8-7-16(12-20(19)23(25)28)24(29)31-13-17(26)6-2/h5,7-8,10-12,17,26H,1,6,9,13H2,2-4H3. The van der Waals surface area contributed by atoms with Crippen LogP contribution in [0.1, 0.15) is 55.5 Å². The molecule has 0 saturated heterocycles. The SMILES string of the molecule is C=CCOc1cc(C)c(N2C(=O)c3ccc(C(=O)OCC(O)CC)cc3C2=O)c(C)c1. The Balaban J connectivity index is 1.90. The number of benzene rings is 2. The van der Waals surface area contributed by atoms with Crippen molar-refractivity contribution in [1.82, 2.24) is 0 Å². The molecule has 2 aromatic carbocycles. The van der Waals surface area contributed by atoms with Gasteiger partial charge in [-0.3, -0.25) is 9.59 Å². The summed E-state index contributed by atoms with van der Waals surface area (Å²) in [5, 5.41) is 9.57. The molecule has 0 bridgehead atoms. The fraction of sp³-hybridized carbons (Fsp3) is 0.292. The lowest BCUT2D eigenvalue weighted by Crippen LogP contribution is -2.30. The van der Waals surface area contributed by atoms with Crippen LogP contribution in [0, 0.1) is 13.8 Å². The second kappa shape index (κ2) is 9.14. The van der Waals surface area contributed by atoms with E-state index < -0.39 is 23.9 Å². The van der Waals surface area contributed by atoms with Crippen molar-refractivity contribution in [3.8, 4) is 5.75 Å². The second-order valence-electron chi connectivity index (χ2n) is 7.37. The van der Waals surface area contributed by atoms with Gasteiger partial charge in [0, 0.05) is 0 Å². The van der Waals surface area contributed by atoms with E-state index in [-0.39, 0.29) is 23.3 Å². The molecule has 7 nitrogen and oxygen atoms in total. The lowest BCUT2D eigenvalue weighted by Gasteiger charge is -2.20. The zero-order chi connectivity index (χ0) is 22.7. The van der Waals surface area contributed by atoms with Crippen molar-refractivity contribution in [1.29, 1.82) is 0 Å². The van der Waals surface area contributed by atoms with Crippen LogP contribution in [0.5, 0.6) is 5.75 Å². The van der Waals surface area contributed by atoms with Gasteiger partial charge in [0.1, 0.15) is 19.0 Å². The third kappa shape index (κ3) is 4.36. The van der Waals surface area contributed by atoms with Crippen molar-refractivity contribution in [2.45, 2.75) is 33.3 Å². The Bertz CT molecular complexity index is 1040. The summed E-state index contributed by atoms with van der Waals surface area (Å²) in [5.41, 5.74) is 2.42. The number of rotatable bonds is 8. The predicted molar refractivity (Wildman–Crippen MR) is 116 cm³/mol. The molecule has 0 saturated carbocycles. The summed E-state index contributed by atoms with van der Waals surface area (Å²) in [4.78, 5) is 39.5. The van der Waals surface area contributed by atoms with Gasteiger partial charge in [0.15, 0.2) is 0 Å². The first-order valence-electron chi connectivity index (χ1n) is 10.0. The van der Waals surface area contributed by atoms with Crippen molar-refractivity contribution < 1.29 is 29.0 Å². The molecular weight excluding hydrogens is 398 g/mol. The Kier molecular flexibility index (Phi) is 6.56. The summed E-state index contributed by atoms with van der Waals surface area (Å²) in [6.45, 7) is 9.20. The fourth-order valence-electron chi connectivity index (χ4n) is 3.45. The number of aliphatic hydroxyl groups excluding tert-OH is 1. The zero-order valence-electron chi connectivity index (χ0n) is 17.8. The van der Waals surface area contributed by atoms with Gasteiger partial charge in [0.25, 0.3) is 11.8 Å². The highest BCUT2D eigenvalue weighted by atomic mass is 16.5. The number of fused-ring (bicyclic) bond motifs is 1. The molecule has 1 aliphatic heterocycles. The molecule has 1 aliphatic rings. The smallest absolute Gasteiger partial charge is 0.338 e. The number of aryl methyl sites for hydroxylation is 2. The first kappa shape index (κ1) is 22.2. The van der Waals surface area contributed by atoms with Gasteiger partial charge in [0.2, 0.25) is 0 Å². The van der Waals surface area contributed by atoms with Crippen molar-refractivity contribution in [3.05, 3.63) is 70.8 Å². The first-order valence-corrected chi connectivity index (χ1v) is 10.0. The topological polar surface area (TPSA) is 93.1 Å². The van der Waals surface area contributed by atoms with Gasteiger partial charge in [-0.25, -0.2) is 9.69 Å². The summed E-state index contributed by atoms with van der Waals surface area (Å²) >= 11 is 0. The van der Waals surface area contributed by atoms with Gasteiger partial charge in [-0.1, -0.05) is 19.6 Å². The minimum Gasteiger partial charge on any atom is -0.490 e. The number of ether oxygens (including phenoxy) is 2. The minimum absolute atomic E-state index is 0.135. The number of amides is 2. The Hall–Kier alpha value is -3.45. The van der Waals surface area contributed by atoms with Crippen LogP contribution >= 0.6 is 0 Å². The van der Waals surface area contributed by atoms with Gasteiger partial charge < -0.3 is 14.6 Å². The van der Waals surface area contributed by atoms with Crippen LogP contribution in [0.15, 0.2) is 43.0 Å². The van der Waals surface area contributed by atoms with E-state index in [9.17, 15) is 19.5 Å². The lowest BCUT2D eigenvalue weighted by atomic mass is 10.1. The second-order valence-corrected chi connectivity index (χ2v) is 7.37. The molecule has 1 N–H and O–H groups in total. The van der Waals surface area contributed by atoms with E-state index in [0.29, 0.717) is 35.6 Å². The van der Waals surface area contributed by atoms with Gasteiger partial charge >= 0.3 is 5.97 Å². The van der Waals surface area contributed by atoms with E-state index in [1.54, 1.807) is 39.0 Å². The number of imide groups is 1. The maximum atomic E-state index is 13.1. The van der Waals surface area contributed by atoms with Crippen molar-refractivity contribution in [2.75, 3.05) is 18.1 Å². The summed E-state index contributed by atoms with van der Waals surface area (Å²) in [7, 11) is 0. The third-order valence-electron chi connectivity index (χ3n) is 5.06. The van der Waals surface area contributed by atoms with Gasteiger partial charge in [0.05, 0.1) is 28.5 Å². The van der Waals surface area contributed by atoms with Crippen LogP contribution in [0.2, 0.25) is 0 Å². The number of carbonyl (C=O) groups is 3. The maximum absolute atomic E-state index is 13.1. The minimum atomic E-state index is -0.749. The molecule has 0 aromatic heterocycles. The Morgan fingerprint density at radius 2 is 1.77 bits per heavy atom. The van der Waals surface area contributed by atoms with E-state index in [1.807, 2.05) is 0 Å². The lowest BCUT2D eigenvalue weighted by molar-refractivity contribution is 0.0250. The van der Waals surface area contributed by atoms with E-state index >= 15 is 0 Å². The van der Waals surface area contributed by atoms with Gasteiger partial charge in [-0.05, 0) is 61.7 Å². The molecule has 2 aromatic rings. The number of aliphatic hydroxyl groups is 1. The summed E-state index contributed by atoms with van der Waals surface area (Å²) in [6, 6.07) is 7.78. The van der Waals surface area contributed by atoms with Crippen LogP contribution in [0.3, 0.4) is 0 Å². The summed E-state index contributed by atoms with van der Waals surface area (Å²) < 4.78 is 10.6. The van der Waals surface area contributed by atoms with Crippen LogP contribution in [0.4, 0.5) is 5.69 Å². The van der Waals surface area contributed by atoms with E-state index in [0.717, 1.165) is 4.90 Å². The molecule has 0 spiro atoms. The molecule has 31 heavy (non-hydrogen) atoms. The van der Waals surface area contributed by atoms with Gasteiger partial charge in [-0.2, -0.15) is 0 Å². The van der Waals surface area contributed by atoms with E-state index in [4.69, 9.17) is 9.47 Å². The quantitative estimate of drug-likeness (QED) is 0.396. The molecule has 1 heterocycles. The Labute approximate surface area is 180 Å². The third-order valence-corrected chi connectivity index (χ3v) is 5.06. The van der Waals surface area contributed by atoms with Crippen LogP contribution in [-0.2, 0) is 4.74 Å². The molecule has 1 unspecified atom stereocenters. The highest BCUT2D eigenvalue weighted by Gasteiger charge is 2.38. The molecule has 0 fully saturated rings.